The van der Waals surface area contributed by atoms with Crippen LogP contribution in [0.15, 0.2) is 18.2 Å². The molecule has 1 aliphatic rings. The molecule has 0 heterocycles. The largest absolute Gasteiger partial charge is 0.497 e. The third-order valence-corrected chi connectivity index (χ3v) is 3.87. The van der Waals surface area contributed by atoms with E-state index in [1.165, 1.54) is 13.2 Å². The fraction of sp³-hybridized carbons (Fsp3) is 0.533. The van der Waals surface area contributed by atoms with Crippen molar-refractivity contribution in [2.75, 3.05) is 25.5 Å². The van der Waals surface area contributed by atoms with Crippen LogP contribution in [0.4, 0.5) is 11.4 Å². The van der Waals surface area contributed by atoms with E-state index in [0.29, 0.717) is 24.5 Å². The van der Waals surface area contributed by atoms with Crippen molar-refractivity contribution in [3.8, 4) is 5.75 Å². The minimum absolute atomic E-state index is 0.0112. The number of benzene rings is 1. The first kappa shape index (κ1) is 16.1. The van der Waals surface area contributed by atoms with Gasteiger partial charge in [0.2, 0.25) is 5.91 Å². The first-order chi connectivity index (χ1) is 10.6. The second kappa shape index (κ2) is 7.63. The van der Waals surface area contributed by atoms with Gasteiger partial charge in [-0.25, -0.2) is 0 Å². The van der Waals surface area contributed by atoms with Gasteiger partial charge in [-0.1, -0.05) is 12.8 Å². The van der Waals surface area contributed by atoms with Crippen LogP contribution in [0, 0.1) is 16.0 Å². The zero-order valence-electron chi connectivity index (χ0n) is 12.6. The molecule has 1 aromatic rings. The molecule has 1 amide bonds. The molecular weight excluding hydrogens is 286 g/mol. The Balaban J connectivity index is 1.85. The summed E-state index contributed by atoms with van der Waals surface area (Å²) in [6, 6.07) is 4.53. The molecule has 0 atom stereocenters. The predicted molar refractivity (Wildman–Crippen MR) is 83.1 cm³/mol. The Hall–Kier alpha value is -2.31. The van der Waals surface area contributed by atoms with Crippen molar-refractivity contribution in [1.29, 1.82) is 0 Å². The van der Waals surface area contributed by atoms with Gasteiger partial charge < -0.3 is 15.4 Å². The summed E-state index contributed by atoms with van der Waals surface area (Å²) >= 11 is 0. The van der Waals surface area contributed by atoms with Gasteiger partial charge in [-0.15, -0.1) is 0 Å². The summed E-state index contributed by atoms with van der Waals surface area (Å²) in [7, 11) is 1.51. The van der Waals surface area contributed by atoms with Gasteiger partial charge in [0.25, 0.3) is 5.69 Å². The number of hydrogen-bond donors (Lipinski definition) is 2. The maximum Gasteiger partial charge on any atom is 0.292 e. The van der Waals surface area contributed by atoms with Gasteiger partial charge >= 0.3 is 0 Å². The Morgan fingerprint density at radius 1 is 1.36 bits per heavy atom. The molecule has 0 saturated heterocycles. The van der Waals surface area contributed by atoms with Crippen LogP contribution in [0.25, 0.3) is 0 Å². The molecule has 7 heteroatoms. The van der Waals surface area contributed by atoms with Crippen molar-refractivity contribution in [1.82, 2.24) is 5.32 Å². The van der Waals surface area contributed by atoms with Crippen molar-refractivity contribution >= 4 is 17.3 Å². The maximum atomic E-state index is 11.9. The number of methoxy groups -OCH3 is 1. The number of nitro groups is 1. The van der Waals surface area contributed by atoms with E-state index in [9.17, 15) is 14.9 Å². The summed E-state index contributed by atoms with van der Waals surface area (Å²) < 4.78 is 5.07. The Bertz CT molecular complexity index is 542. The Morgan fingerprint density at radius 2 is 2.09 bits per heavy atom. The van der Waals surface area contributed by atoms with Crippen molar-refractivity contribution < 1.29 is 14.5 Å². The summed E-state index contributed by atoms with van der Waals surface area (Å²) in [5.41, 5.74) is 0.377. The summed E-state index contributed by atoms with van der Waals surface area (Å²) in [5, 5.41) is 16.8. The van der Waals surface area contributed by atoms with Crippen molar-refractivity contribution in [2.45, 2.75) is 25.7 Å². The number of rotatable bonds is 7. The van der Waals surface area contributed by atoms with E-state index in [1.807, 2.05) is 0 Å². The van der Waals surface area contributed by atoms with Crippen LogP contribution in [-0.2, 0) is 4.79 Å². The summed E-state index contributed by atoms with van der Waals surface area (Å²) in [6.45, 7) is 0.857. The number of nitrogens with one attached hydrogen (secondary N) is 2. The smallest absolute Gasteiger partial charge is 0.292 e. The molecule has 0 aliphatic heterocycles. The lowest BCUT2D eigenvalue weighted by Gasteiger charge is -2.12. The van der Waals surface area contributed by atoms with Crippen LogP contribution < -0.4 is 15.4 Å². The van der Waals surface area contributed by atoms with Crippen LogP contribution in [-0.4, -0.2) is 31.0 Å². The molecule has 1 aliphatic carbocycles. The van der Waals surface area contributed by atoms with Crippen molar-refractivity contribution in [3.63, 3.8) is 0 Å². The zero-order chi connectivity index (χ0) is 15.9. The Morgan fingerprint density at radius 3 is 2.73 bits per heavy atom. The zero-order valence-corrected chi connectivity index (χ0v) is 12.6. The monoisotopic (exact) mass is 307 g/mol. The van der Waals surface area contributed by atoms with Gasteiger partial charge in [0.05, 0.1) is 12.0 Å². The third-order valence-electron chi connectivity index (χ3n) is 3.87. The van der Waals surface area contributed by atoms with Crippen LogP contribution in [0.3, 0.4) is 0 Å². The van der Waals surface area contributed by atoms with Gasteiger partial charge in [0.1, 0.15) is 11.4 Å². The van der Waals surface area contributed by atoms with Gasteiger partial charge in [-0.3, -0.25) is 14.9 Å². The average molecular weight is 307 g/mol. The maximum absolute atomic E-state index is 11.9. The third kappa shape index (κ3) is 4.09. The number of nitrogens with zero attached hydrogens (tertiary/aromatic N) is 1. The van der Waals surface area contributed by atoms with Gasteiger partial charge in [0, 0.05) is 31.1 Å². The fourth-order valence-corrected chi connectivity index (χ4v) is 2.66. The van der Waals surface area contributed by atoms with Crippen LogP contribution in [0.2, 0.25) is 0 Å². The van der Waals surface area contributed by atoms with E-state index < -0.39 is 4.92 Å². The average Bonchev–Trinajstić information content (AvgIpc) is 3.05. The number of anilines is 1. The van der Waals surface area contributed by atoms with E-state index in [0.717, 1.165) is 25.7 Å². The molecule has 1 fully saturated rings. The molecule has 0 unspecified atom stereocenters. The molecule has 7 nitrogen and oxygen atoms in total. The van der Waals surface area contributed by atoms with E-state index in [1.54, 1.807) is 12.1 Å². The van der Waals surface area contributed by atoms with Gasteiger partial charge in [0.15, 0.2) is 0 Å². The predicted octanol–water partition coefficient (Wildman–Crippen LogP) is 2.32. The number of carbonyl (C=O) groups is 1. The second-order valence-corrected chi connectivity index (χ2v) is 5.34. The molecule has 0 spiro atoms. The van der Waals surface area contributed by atoms with E-state index >= 15 is 0 Å². The molecule has 120 valence electrons. The summed E-state index contributed by atoms with van der Waals surface area (Å²) in [6.07, 6.45) is 4.15. The lowest BCUT2D eigenvalue weighted by atomic mass is 10.1. The van der Waals surface area contributed by atoms with Crippen molar-refractivity contribution in [3.05, 3.63) is 28.3 Å². The van der Waals surface area contributed by atoms with Crippen LogP contribution in [0.1, 0.15) is 25.7 Å². The van der Waals surface area contributed by atoms with Crippen molar-refractivity contribution in [2.24, 2.45) is 5.92 Å². The van der Waals surface area contributed by atoms with E-state index in [4.69, 9.17) is 4.74 Å². The number of nitro benzene ring substituents is 1. The molecule has 2 rings (SSSR count). The SMILES string of the molecule is COc1ccc([N+](=O)[O-])c(NCCNC(=O)C2CCCC2)c1. The quantitative estimate of drug-likeness (QED) is 0.458. The Kier molecular flexibility index (Phi) is 5.57. The van der Waals surface area contributed by atoms with E-state index in [2.05, 4.69) is 10.6 Å². The van der Waals surface area contributed by atoms with Gasteiger partial charge in [-0.05, 0) is 18.9 Å². The van der Waals surface area contributed by atoms with Crippen LogP contribution in [0.5, 0.6) is 5.75 Å². The highest BCUT2D eigenvalue weighted by atomic mass is 16.6. The lowest BCUT2D eigenvalue weighted by molar-refractivity contribution is -0.384. The lowest BCUT2D eigenvalue weighted by Crippen LogP contribution is -2.33. The highest BCUT2D eigenvalue weighted by molar-refractivity contribution is 5.78. The highest BCUT2D eigenvalue weighted by Gasteiger charge is 2.22. The normalized spacial score (nSPS) is 14.6. The van der Waals surface area contributed by atoms with Gasteiger partial charge in [-0.2, -0.15) is 0 Å². The molecule has 22 heavy (non-hydrogen) atoms. The number of carbonyl (C=O) groups excluding carboxylic acids is 1. The van der Waals surface area contributed by atoms with E-state index in [-0.39, 0.29) is 17.5 Å². The second-order valence-electron chi connectivity index (χ2n) is 5.34. The first-order valence-corrected chi connectivity index (χ1v) is 7.46. The molecule has 0 aromatic heterocycles. The topological polar surface area (TPSA) is 93.5 Å². The fourth-order valence-electron chi connectivity index (χ4n) is 2.66. The number of ether oxygens (including phenoxy) is 1. The Labute approximate surface area is 129 Å². The summed E-state index contributed by atoms with van der Waals surface area (Å²) in [5.74, 6) is 0.758. The molecule has 1 saturated carbocycles. The summed E-state index contributed by atoms with van der Waals surface area (Å²) in [4.78, 5) is 22.4. The minimum atomic E-state index is -0.446. The first-order valence-electron chi connectivity index (χ1n) is 7.46. The molecular formula is C15H21N3O4. The van der Waals surface area contributed by atoms with Crippen LogP contribution >= 0.6 is 0 Å². The molecule has 1 aromatic carbocycles. The molecule has 2 N–H and O–H groups in total. The molecule has 0 bridgehead atoms. The molecule has 0 radical (unpaired) electrons. The number of hydrogen-bond acceptors (Lipinski definition) is 5. The standard InChI is InChI=1S/C15H21N3O4/c1-22-12-6-7-14(18(20)21)13(10-12)16-8-9-17-15(19)11-4-2-3-5-11/h6-7,10-11,16H,2-5,8-9H2,1H3,(H,17,19). The minimum Gasteiger partial charge on any atom is -0.497 e. The number of amides is 1. The highest BCUT2D eigenvalue weighted by Crippen LogP contribution is 2.28.